The molecule has 3 rings (SSSR count). The van der Waals surface area contributed by atoms with Crippen LogP contribution < -0.4 is 5.32 Å². The van der Waals surface area contributed by atoms with Gasteiger partial charge in [-0.15, -0.1) is 0 Å². The molecule has 1 N–H and O–H groups in total. The second kappa shape index (κ2) is 5.31. The zero-order chi connectivity index (χ0) is 15.0. The van der Waals surface area contributed by atoms with Gasteiger partial charge in [-0.25, -0.2) is 4.79 Å². The Morgan fingerprint density at radius 2 is 1.52 bits per heavy atom. The zero-order valence-electron chi connectivity index (χ0n) is 11.6. The number of amides is 5. The highest BCUT2D eigenvalue weighted by atomic mass is 16.2. The second-order valence-electron chi connectivity index (χ2n) is 5.54. The first kappa shape index (κ1) is 13.8. The van der Waals surface area contributed by atoms with Crippen molar-refractivity contribution in [1.82, 2.24) is 15.1 Å². The van der Waals surface area contributed by atoms with Crippen LogP contribution in [-0.4, -0.2) is 53.2 Å². The number of likely N-dealkylation sites (tertiary alicyclic amines) is 1. The van der Waals surface area contributed by atoms with Crippen molar-refractivity contribution in [2.45, 2.75) is 19.3 Å². The molecule has 3 aliphatic rings. The van der Waals surface area contributed by atoms with Crippen LogP contribution in [0.15, 0.2) is 12.2 Å². The molecule has 0 spiro atoms. The summed E-state index contributed by atoms with van der Waals surface area (Å²) in [5.74, 6) is -0.950. The molecular weight excluding hydrogens is 274 g/mol. The summed E-state index contributed by atoms with van der Waals surface area (Å²) in [6.45, 7) is 0.521. The van der Waals surface area contributed by atoms with Gasteiger partial charge in [-0.2, -0.15) is 0 Å². The lowest BCUT2D eigenvalue weighted by Gasteiger charge is -2.17. The highest BCUT2D eigenvalue weighted by molar-refractivity contribution is 6.05. The van der Waals surface area contributed by atoms with E-state index in [2.05, 4.69) is 5.32 Å². The van der Waals surface area contributed by atoms with Crippen molar-refractivity contribution in [3.05, 3.63) is 12.2 Å². The minimum Gasteiger partial charge on any atom is -0.329 e. The smallest absolute Gasteiger partial charge is 0.324 e. The molecule has 0 saturated carbocycles. The van der Waals surface area contributed by atoms with Gasteiger partial charge < -0.3 is 5.32 Å². The third-order valence-corrected chi connectivity index (χ3v) is 4.30. The van der Waals surface area contributed by atoms with Crippen LogP contribution in [0.3, 0.4) is 0 Å². The summed E-state index contributed by atoms with van der Waals surface area (Å²) in [5.41, 5.74) is 0. The van der Waals surface area contributed by atoms with Crippen LogP contribution in [0.1, 0.15) is 19.3 Å². The SMILES string of the molecule is O=C1CNC(=O)N1CCCN1C(=O)C2CC=CCC2C1=O. The van der Waals surface area contributed by atoms with Gasteiger partial charge in [0, 0.05) is 13.1 Å². The Hall–Kier alpha value is -2.18. The third kappa shape index (κ3) is 2.32. The number of urea groups is 1. The van der Waals surface area contributed by atoms with Crippen molar-refractivity contribution in [2.24, 2.45) is 11.8 Å². The Morgan fingerprint density at radius 3 is 2.05 bits per heavy atom. The lowest BCUT2D eigenvalue weighted by molar-refractivity contribution is -0.139. The zero-order valence-corrected chi connectivity index (χ0v) is 11.6. The maximum absolute atomic E-state index is 12.2. The highest BCUT2D eigenvalue weighted by Crippen LogP contribution is 2.34. The van der Waals surface area contributed by atoms with E-state index < -0.39 is 6.03 Å². The van der Waals surface area contributed by atoms with Crippen LogP contribution >= 0.6 is 0 Å². The Morgan fingerprint density at radius 1 is 0.952 bits per heavy atom. The van der Waals surface area contributed by atoms with E-state index in [-0.39, 0.29) is 49.2 Å². The Kier molecular flexibility index (Phi) is 3.48. The molecule has 1 aliphatic carbocycles. The quantitative estimate of drug-likeness (QED) is 0.444. The molecule has 7 heteroatoms. The molecule has 2 fully saturated rings. The van der Waals surface area contributed by atoms with E-state index >= 15 is 0 Å². The number of rotatable bonds is 4. The van der Waals surface area contributed by atoms with Crippen LogP contribution in [0.5, 0.6) is 0 Å². The summed E-state index contributed by atoms with van der Waals surface area (Å²) in [6.07, 6.45) is 5.56. The summed E-state index contributed by atoms with van der Waals surface area (Å²) in [4.78, 5) is 49.7. The number of hydrogen-bond acceptors (Lipinski definition) is 4. The lowest BCUT2D eigenvalue weighted by atomic mass is 9.85. The fourth-order valence-electron chi connectivity index (χ4n) is 3.16. The maximum atomic E-state index is 12.2. The summed E-state index contributed by atoms with van der Waals surface area (Å²) < 4.78 is 0. The van der Waals surface area contributed by atoms with Gasteiger partial charge in [-0.3, -0.25) is 24.2 Å². The summed E-state index contributed by atoms with van der Waals surface area (Å²) >= 11 is 0. The van der Waals surface area contributed by atoms with E-state index in [9.17, 15) is 19.2 Å². The van der Waals surface area contributed by atoms with E-state index in [1.165, 1.54) is 4.90 Å². The highest BCUT2D eigenvalue weighted by Gasteiger charge is 2.46. The third-order valence-electron chi connectivity index (χ3n) is 4.30. The molecule has 5 amide bonds. The number of nitrogens with one attached hydrogen (secondary N) is 1. The van der Waals surface area contributed by atoms with Gasteiger partial charge in [-0.05, 0) is 19.3 Å². The van der Waals surface area contributed by atoms with Gasteiger partial charge in [0.1, 0.15) is 0 Å². The van der Waals surface area contributed by atoms with Crippen molar-refractivity contribution < 1.29 is 19.2 Å². The number of carbonyl (C=O) groups excluding carboxylic acids is 4. The number of allylic oxidation sites excluding steroid dienone is 2. The van der Waals surface area contributed by atoms with Crippen molar-refractivity contribution >= 4 is 23.8 Å². The molecule has 0 aromatic heterocycles. The second-order valence-corrected chi connectivity index (χ2v) is 5.54. The first-order valence-corrected chi connectivity index (χ1v) is 7.18. The van der Waals surface area contributed by atoms with Crippen molar-refractivity contribution in [2.75, 3.05) is 19.6 Å². The maximum Gasteiger partial charge on any atom is 0.324 e. The van der Waals surface area contributed by atoms with Crippen LogP contribution in [0.25, 0.3) is 0 Å². The van der Waals surface area contributed by atoms with Gasteiger partial charge in [0.15, 0.2) is 0 Å². The van der Waals surface area contributed by atoms with Crippen molar-refractivity contribution in [3.63, 3.8) is 0 Å². The van der Waals surface area contributed by atoms with Crippen LogP contribution in [0, 0.1) is 11.8 Å². The Labute approximate surface area is 121 Å². The van der Waals surface area contributed by atoms with Gasteiger partial charge in [0.25, 0.3) is 0 Å². The molecule has 21 heavy (non-hydrogen) atoms. The summed E-state index contributed by atoms with van der Waals surface area (Å²) in [7, 11) is 0. The molecule has 2 heterocycles. The molecule has 0 bridgehead atoms. The van der Waals surface area contributed by atoms with Gasteiger partial charge in [0.2, 0.25) is 17.7 Å². The molecule has 2 aliphatic heterocycles. The monoisotopic (exact) mass is 291 g/mol. The van der Waals surface area contributed by atoms with E-state index in [1.807, 2.05) is 12.2 Å². The molecule has 2 unspecified atom stereocenters. The largest absolute Gasteiger partial charge is 0.329 e. The fourth-order valence-corrected chi connectivity index (χ4v) is 3.16. The number of fused-ring (bicyclic) bond motifs is 1. The molecule has 112 valence electrons. The van der Waals surface area contributed by atoms with Crippen LogP contribution in [0.4, 0.5) is 4.79 Å². The molecule has 0 radical (unpaired) electrons. The predicted octanol–water partition coefficient (Wildman–Crippen LogP) is -0.121. The van der Waals surface area contributed by atoms with E-state index in [4.69, 9.17) is 0 Å². The van der Waals surface area contributed by atoms with Crippen LogP contribution in [0.2, 0.25) is 0 Å². The number of imide groups is 2. The molecule has 2 atom stereocenters. The van der Waals surface area contributed by atoms with Crippen molar-refractivity contribution in [1.29, 1.82) is 0 Å². The summed E-state index contributed by atoms with van der Waals surface area (Å²) in [5, 5.41) is 2.44. The average Bonchev–Trinajstić information content (AvgIpc) is 2.93. The fraction of sp³-hybridized carbons (Fsp3) is 0.571. The minimum absolute atomic E-state index is 0.0240. The molecule has 0 aromatic carbocycles. The molecular formula is C14H17N3O4. The first-order valence-electron chi connectivity index (χ1n) is 7.18. The Bertz CT molecular complexity index is 500. The number of hydrogen-bond donors (Lipinski definition) is 1. The standard InChI is InChI=1S/C14H17N3O4/c18-11-8-15-14(21)16(11)6-3-7-17-12(19)9-4-1-2-5-10(9)13(17)20/h1-2,9-10H,3-8H2,(H,15,21). The van der Waals surface area contributed by atoms with Gasteiger partial charge >= 0.3 is 6.03 Å². The number of nitrogens with zero attached hydrogens (tertiary/aromatic N) is 2. The van der Waals surface area contributed by atoms with E-state index in [0.29, 0.717) is 19.3 Å². The first-order chi connectivity index (χ1) is 10.1. The summed E-state index contributed by atoms with van der Waals surface area (Å²) in [6, 6.07) is -0.406. The molecule has 2 saturated heterocycles. The van der Waals surface area contributed by atoms with E-state index in [0.717, 1.165) is 4.90 Å². The minimum atomic E-state index is -0.406. The normalized spacial score (nSPS) is 28.4. The van der Waals surface area contributed by atoms with Gasteiger partial charge in [-0.1, -0.05) is 12.2 Å². The van der Waals surface area contributed by atoms with Gasteiger partial charge in [0.05, 0.1) is 18.4 Å². The molecule has 7 nitrogen and oxygen atoms in total. The average molecular weight is 291 g/mol. The lowest BCUT2D eigenvalue weighted by Crippen LogP contribution is -2.36. The topological polar surface area (TPSA) is 86.8 Å². The van der Waals surface area contributed by atoms with Crippen molar-refractivity contribution in [3.8, 4) is 0 Å². The number of carbonyl (C=O) groups is 4. The Balaban J connectivity index is 1.56. The van der Waals surface area contributed by atoms with E-state index in [1.54, 1.807) is 0 Å². The van der Waals surface area contributed by atoms with Crippen LogP contribution in [-0.2, 0) is 14.4 Å². The molecule has 0 aromatic rings. The predicted molar refractivity (Wildman–Crippen MR) is 71.8 cm³/mol.